The van der Waals surface area contributed by atoms with Crippen molar-refractivity contribution in [1.82, 2.24) is 9.78 Å². The number of carbonyl (C=O) groups excluding carboxylic acids is 1. The summed E-state index contributed by atoms with van der Waals surface area (Å²) in [5.41, 5.74) is 3.64. The molecular weight excluding hydrogens is 362 g/mol. The van der Waals surface area contributed by atoms with Crippen molar-refractivity contribution in [3.8, 4) is 5.75 Å². The molecule has 1 amide bonds. The number of aromatic nitrogens is 2. The Hall–Kier alpha value is -3.08. The first-order valence-corrected chi connectivity index (χ1v) is 9.88. The van der Waals surface area contributed by atoms with E-state index in [-0.39, 0.29) is 11.3 Å². The van der Waals surface area contributed by atoms with Crippen LogP contribution in [0.5, 0.6) is 5.75 Å². The summed E-state index contributed by atoms with van der Waals surface area (Å²) >= 11 is 0. The predicted octanol–water partition coefficient (Wildman–Crippen LogP) is 4.94. The Kier molecular flexibility index (Phi) is 6.06. The first kappa shape index (κ1) is 20.6. The Morgan fingerprint density at radius 2 is 1.72 bits per heavy atom. The fraction of sp³-hybridized carbons (Fsp3) is 0.333. The van der Waals surface area contributed by atoms with Gasteiger partial charge in [-0.05, 0) is 42.5 Å². The summed E-state index contributed by atoms with van der Waals surface area (Å²) in [7, 11) is 0. The van der Waals surface area contributed by atoms with Crippen LogP contribution in [0.25, 0.3) is 0 Å². The average molecular weight is 392 g/mol. The molecule has 0 bridgehead atoms. The Morgan fingerprint density at radius 1 is 1.07 bits per heavy atom. The Bertz CT molecular complexity index is 951. The largest absolute Gasteiger partial charge is 0.481 e. The molecule has 0 radical (unpaired) electrons. The molecule has 0 saturated heterocycles. The van der Waals surface area contributed by atoms with Crippen LogP contribution < -0.4 is 10.1 Å². The molecule has 0 spiro atoms. The second-order valence-corrected chi connectivity index (χ2v) is 8.38. The lowest BCUT2D eigenvalue weighted by Crippen LogP contribution is -2.31. The summed E-state index contributed by atoms with van der Waals surface area (Å²) in [5.74, 6) is 1.11. The van der Waals surface area contributed by atoms with Gasteiger partial charge in [0.1, 0.15) is 11.6 Å². The number of benzene rings is 2. The minimum atomic E-state index is -0.627. The van der Waals surface area contributed by atoms with E-state index in [1.54, 1.807) is 23.9 Å². The number of carbonyl (C=O) groups is 1. The normalized spacial score (nSPS) is 12.4. The molecule has 3 aromatic rings. The van der Waals surface area contributed by atoms with E-state index in [9.17, 15) is 4.79 Å². The standard InChI is InChI=1S/C24H29N3O2/c1-17-6-8-19(9-7-17)16-27-22(14-15-25-27)26-23(28)18(2)29-21-12-10-20(11-13-21)24(3,4)5/h6-15,18H,16H2,1-5H3,(H,26,28). The second kappa shape index (κ2) is 8.52. The van der Waals surface area contributed by atoms with E-state index in [2.05, 4.69) is 62.4 Å². The summed E-state index contributed by atoms with van der Waals surface area (Å²) in [6.07, 6.45) is 1.05. The van der Waals surface area contributed by atoms with Crippen molar-refractivity contribution in [2.45, 2.75) is 52.7 Å². The van der Waals surface area contributed by atoms with Crippen LogP contribution in [0.15, 0.2) is 60.8 Å². The number of aryl methyl sites for hydroxylation is 1. The van der Waals surface area contributed by atoms with Gasteiger partial charge in [0.2, 0.25) is 0 Å². The second-order valence-electron chi connectivity index (χ2n) is 8.38. The molecule has 152 valence electrons. The number of anilines is 1. The van der Waals surface area contributed by atoms with Gasteiger partial charge in [0.25, 0.3) is 5.91 Å². The van der Waals surface area contributed by atoms with Crippen LogP contribution in [0, 0.1) is 6.92 Å². The molecule has 1 heterocycles. The average Bonchev–Trinajstić information content (AvgIpc) is 3.10. The van der Waals surface area contributed by atoms with Crippen LogP contribution in [0.2, 0.25) is 0 Å². The van der Waals surface area contributed by atoms with Crippen molar-refractivity contribution >= 4 is 11.7 Å². The van der Waals surface area contributed by atoms with E-state index in [1.165, 1.54) is 11.1 Å². The maximum Gasteiger partial charge on any atom is 0.266 e. The summed E-state index contributed by atoms with van der Waals surface area (Å²) in [6, 6.07) is 17.9. The van der Waals surface area contributed by atoms with Crippen molar-refractivity contribution in [2.24, 2.45) is 0 Å². The summed E-state index contributed by atoms with van der Waals surface area (Å²) < 4.78 is 7.59. The Morgan fingerprint density at radius 3 is 2.34 bits per heavy atom. The van der Waals surface area contributed by atoms with Crippen molar-refractivity contribution in [1.29, 1.82) is 0 Å². The van der Waals surface area contributed by atoms with Gasteiger partial charge in [-0.15, -0.1) is 0 Å². The molecule has 3 rings (SSSR count). The van der Waals surface area contributed by atoms with Gasteiger partial charge in [0.05, 0.1) is 12.7 Å². The highest BCUT2D eigenvalue weighted by Gasteiger charge is 2.18. The molecule has 0 aliphatic carbocycles. The third-order valence-electron chi connectivity index (χ3n) is 4.82. The molecule has 0 fully saturated rings. The van der Waals surface area contributed by atoms with Crippen molar-refractivity contribution in [3.05, 3.63) is 77.5 Å². The lowest BCUT2D eigenvalue weighted by Gasteiger charge is -2.20. The lowest BCUT2D eigenvalue weighted by molar-refractivity contribution is -0.122. The molecule has 5 nitrogen and oxygen atoms in total. The van der Waals surface area contributed by atoms with Gasteiger partial charge in [-0.1, -0.05) is 62.7 Å². The molecule has 5 heteroatoms. The molecule has 29 heavy (non-hydrogen) atoms. The van der Waals surface area contributed by atoms with E-state index >= 15 is 0 Å². The number of ether oxygens (including phenoxy) is 1. The van der Waals surface area contributed by atoms with Crippen LogP contribution in [0.1, 0.15) is 44.4 Å². The van der Waals surface area contributed by atoms with Gasteiger partial charge in [-0.3, -0.25) is 4.79 Å². The third kappa shape index (κ3) is 5.47. The van der Waals surface area contributed by atoms with Crippen LogP contribution in [0.3, 0.4) is 0 Å². The highest BCUT2D eigenvalue weighted by Crippen LogP contribution is 2.24. The van der Waals surface area contributed by atoms with Crippen molar-refractivity contribution in [2.75, 3.05) is 5.32 Å². The van der Waals surface area contributed by atoms with E-state index in [0.29, 0.717) is 18.1 Å². The van der Waals surface area contributed by atoms with Crippen molar-refractivity contribution < 1.29 is 9.53 Å². The fourth-order valence-electron chi connectivity index (χ4n) is 2.95. The highest BCUT2D eigenvalue weighted by molar-refractivity contribution is 5.93. The van der Waals surface area contributed by atoms with Crippen molar-refractivity contribution in [3.63, 3.8) is 0 Å². The van der Waals surface area contributed by atoms with Gasteiger partial charge in [0, 0.05) is 6.07 Å². The van der Waals surface area contributed by atoms with Gasteiger partial charge in [0.15, 0.2) is 6.10 Å². The number of amides is 1. The van der Waals surface area contributed by atoms with E-state index < -0.39 is 6.10 Å². The van der Waals surface area contributed by atoms with Crippen LogP contribution >= 0.6 is 0 Å². The molecular formula is C24H29N3O2. The number of rotatable bonds is 6. The monoisotopic (exact) mass is 391 g/mol. The Balaban J connectivity index is 1.61. The van der Waals surface area contributed by atoms with E-state index in [0.717, 1.165) is 5.56 Å². The zero-order chi connectivity index (χ0) is 21.0. The first-order chi connectivity index (χ1) is 13.7. The molecule has 1 N–H and O–H groups in total. The maximum absolute atomic E-state index is 12.6. The number of hydrogen-bond donors (Lipinski definition) is 1. The van der Waals surface area contributed by atoms with Crippen LogP contribution in [-0.4, -0.2) is 21.8 Å². The first-order valence-electron chi connectivity index (χ1n) is 9.88. The third-order valence-corrected chi connectivity index (χ3v) is 4.82. The van der Waals surface area contributed by atoms with Gasteiger partial charge in [-0.2, -0.15) is 5.10 Å². The number of nitrogens with zero attached hydrogens (tertiary/aromatic N) is 2. The lowest BCUT2D eigenvalue weighted by atomic mass is 9.87. The number of hydrogen-bond acceptors (Lipinski definition) is 3. The minimum Gasteiger partial charge on any atom is -0.481 e. The SMILES string of the molecule is Cc1ccc(Cn2nccc2NC(=O)C(C)Oc2ccc(C(C)(C)C)cc2)cc1. The van der Waals surface area contributed by atoms with E-state index in [1.807, 2.05) is 24.3 Å². The topological polar surface area (TPSA) is 56.2 Å². The van der Waals surface area contributed by atoms with Gasteiger partial charge < -0.3 is 10.1 Å². The number of nitrogens with one attached hydrogen (secondary N) is 1. The molecule has 0 aliphatic rings. The van der Waals surface area contributed by atoms with Crippen LogP contribution in [-0.2, 0) is 16.8 Å². The maximum atomic E-state index is 12.6. The molecule has 0 aliphatic heterocycles. The molecule has 1 unspecified atom stereocenters. The smallest absolute Gasteiger partial charge is 0.266 e. The fourth-order valence-corrected chi connectivity index (χ4v) is 2.95. The molecule has 1 atom stereocenters. The van der Waals surface area contributed by atoms with Gasteiger partial charge >= 0.3 is 0 Å². The zero-order valence-corrected chi connectivity index (χ0v) is 17.8. The summed E-state index contributed by atoms with van der Waals surface area (Å²) in [5, 5.41) is 7.24. The molecule has 2 aromatic carbocycles. The zero-order valence-electron chi connectivity index (χ0n) is 17.8. The molecule has 1 aromatic heterocycles. The highest BCUT2D eigenvalue weighted by atomic mass is 16.5. The summed E-state index contributed by atoms with van der Waals surface area (Å²) in [6.45, 7) is 10.9. The van der Waals surface area contributed by atoms with Crippen LogP contribution in [0.4, 0.5) is 5.82 Å². The van der Waals surface area contributed by atoms with Gasteiger partial charge in [-0.25, -0.2) is 4.68 Å². The molecule has 0 saturated carbocycles. The van der Waals surface area contributed by atoms with E-state index in [4.69, 9.17) is 4.74 Å². The minimum absolute atomic E-state index is 0.0807. The predicted molar refractivity (Wildman–Crippen MR) is 116 cm³/mol. The summed E-state index contributed by atoms with van der Waals surface area (Å²) in [4.78, 5) is 12.6. The Labute approximate surface area is 172 Å². The quantitative estimate of drug-likeness (QED) is 0.647.